The zero-order chi connectivity index (χ0) is 25.8. The second kappa shape index (κ2) is 11.4. The van der Waals surface area contributed by atoms with E-state index in [1.165, 1.54) is 4.68 Å². The molecule has 4 aromatic rings. The van der Waals surface area contributed by atoms with Crippen molar-refractivity contribution in [1.82, 2.24) is 9.66 Å². The Bertz CT molecular complexity index is 1580. The van der Waals surface area contributed by atoms with Gasteiger partial charge in [0.15, 0.2) is 0 Å². The molecule has 0 N–H and O–H groups in total. The number of hydrogen-bond donors (Lipinski definition) is 0. The van der Waals surface area contributed by atoms with Crippen molar-refractivity contribution < 1.29 is 4.74 Å². The minimum Gasteiger partial charge on any atom is -0.487 e. The highest BCUT2D eigenvalue weighted by Gasteiger charge is 2.17. The van der Waals surface area contributed by atoms with Crippen molar-refractivity contribution in [3.8, 4) is 11.8 Å². The van der Waals surface area contributed by atoms with Crippen LogP contribution in [0.5, 0.6) is 5.75 Å². The topological polar surface area (TPSA) is 80.3 Å². The van der Waals surface area contributed by atoms with E-state index in [0.717, 1.165) is 16.5 Å². The first-order chi connectivity index (χ1) is 17.3. The molecule has 0 radical (unpaired) electrons. The Labute approximate surface area is 230 Å². The number of rotatable bonds is 7. The molecule has 3 aromatic carbocycles. The minimum atomic E-state index is -0.264. The molecule has 0 amide bonds. The Morgan fingerprint density at radius 3 is 2.75 bits per heavy atom. The molecular formula is C27H21Br2ClN4O2. The molecule has 0 unspecified atom stereocenters. The van der Waals surface area contributed by atoms with Gasteiger partial charge in [0.25, 0.3) is 5.56 Å². The highest BCUT2D eigenvalue weighted by Crippen LogP contribution is 2.33. The lowest BCUT2D eigenvalue weighted by Crippen LogP contribution is -2.23. The van der Waals surface area contributed by atoms with Gasteiger partial charge < -0.3 is 4.74 Å². The van der Waals surface area contributed by atoms with E-state index in [1.54, 1.807) is 36.5 Å². The molecule has 0 fully saturated rings. The molecule has 36 heavy (non-hydrogen) atoms. The molecule has 9 heteroatoms. The lowest BCUT2D eigenvalue weighted by molar-refractivity contribution is 0.303. The number of ether oxygens (including phenoxy) is 1. The quantitative estimate of drug-likeness (QED) is 0.200. The smallest absolute Gasteiger partial charge is 0.282 e. The minimum absolute atomic E-state index is 0.00666. The van der Waals surface area contributed by atoms with Crippen molar-refractivity contribution in [3.63, 3.8) is 0 Å². The van der Waals surface area contributed by atoms with Gasteiger partial charge in [-0.05, 0) is 58.7 Å². The molecule has 1 heterocycles. The summed E-state index contributed by atoms with van der Waals surface area (Å²) < 4.78 is 8.85. The van der Waals surface area contributed by atoms with Crippen LogP contribution in [-0.2, 0) is 6.61 Å². The van der Waals surface area contributed by atoms with E-state index in [2.05, 4.69) is 43.0 Å². The van der Waals surface area contributed by atoms with E-state index < -0.39 is 0 Å². The summed E-state index contributed by atoms with van der Waals surface area (Å²) in [5.74, 6) is 1.07. The molecule has 0 spiro atoms. The molecule has 0 bridgehead atoms. The van der Waals surface area contributed by atoms with E-state index in [1.807, 2.05) is 38.1 Å². The second-order valence-electron chi connectivity index (χ2n) is 8.17. The summed E-state index contributed by atoms with van der Waals surface area (Å²) in [4.78, 5) is 18.2. The Hall–Kier alpha value is -2.99. The van der Waals surface area contributed by atoms with Crippen LogP contribution >= 0.6 is 43.5 Å². The van der Waals surface area contributed by atoms with Crippen molar-refractivity contribution in [2.24, 2.45) is 5.10 Å². The van der Waals surface area contributed by atoms with Gasteiger partial charge in [-0.15, -0.1) is 0 Å². The largest absolute Gasteiger partial charge is 0.487 e. The molecular weight excluding hydrogens is 608 g/mol. The summed E-state index contributed by atoms with van der Waals surface area (Å²) in [5, 5.41) is 14.9. The van der Waals surface area contributed by atoms with E-state index in [-0.39, 0.29) is 18.1 Å². The standard InChI is InChI=1S/C27H21Br2ClN4O2/c1-3-16(2)26-33-24-9-8-20(28)11-22(24)27(35)34(26)32-14-19-10-21(30)12-23(29)25(19)36-15-18-7-5-4-6-17(18)13-31/h4-12,14,16H,3,15H2,1-2H3/t16-/m1/s1. The summed E-state index contributed by atoms with van der Waals surface area (Å²) in [7, 11) is 0. The third-order valence-electron chi connectivity index (χ3n) is 5.75. The molecule has 182 valence electrons. The molecule has 6 nitrogen and oxygen atoms in total. The van der Waals surface area contributed by atoms with Gasteiger partial charge in [0.1, 0.15) is 18.2 Å². The fourth-order valence-corrected chi connectivity index (χ4v) is 4.94. The molecule has 0 saturated carbocycles. The molecule has 0 aliphatic heterocycles. The number of aromatic nitrogens is 2. The lowest BCUT2D eigenvalue weighted by atomic mass is 10.1. The number of fused-ring (bicyclic) bond motifs is 1. The summed E-state index contributed by atoms with van der Waals surface area (Å²) in [6.45, 7) is 4.22. The van der Waals surface area contributed by atoms with Gasteiger partial charge in [0, 0.05) is 26.5 Å². The first-order valence-corrected chi connectivity index (χ1v) is 13.1. The zero-order valence-corrected chi connectivity index (χ0v) is 23.4. The SMILES string of the molecule is CC[C@@H](C)c1nc2ccc(Br)cc2c(=O)n1N=Cc1cc(Cl)cc(Br)c1OCc1ccccc1C#N. The van der Waals surface area contributed by atoms with Gasteiger partial charge in [-0.1, -0.05) is 59.6 Å². The first kappa shape index (κ1) is 26.1. The average Bonchev–Trinajstić information content (AvgIpc) is 2.87. The Morgan fingerprint density at radius 1 is 1.22 bits per heavy atom. The predicted octanol–water partition coefficient (Wildman–Crippen LogP) is 7.42. The highest BCUT2D eigenvalue weighted by atomic mass is 79.9. The first-order valence-electron chi connectivity index (χ1n) is 11.2. The van der Waals surface area contributed by atoms with Gasteiger partial charge >= 0.3 is 0 Å². The van der Waals surface area contributed by atoms with Gasteiger partial charge in [0.05, 0.1) is 33.2 Å². The monoisotopic (exact) mass is 626 g/mol. The van der Waals surface area contributed by atoms with Crippen LogP contribution in [0, 0.1) is 11.3 Å². The van der Waals surface area contributed by atoms with Crippen LogP contribution in [0.3, 0.4) is 0 Å². The van der Waals surface area contributed by atoms with Crippen LogP contribution in [0.4, 0.5) is 0 Å². The Balaban J connectivity index is 1.79. The lowest BCUT2D eigenvalue weighted by Gasteiger charge is -2.15. The van der Waals surface area contributed by atoms with Crippen LogP contribution in [0.25, 0.3) is 10.9 Å². The van der Waals surface area contributed by atoms with Gasteiger partial charge in [-0.3, -0.25) is 4.79 Å². The summed E-state index contributed by atoms with van der Waals surface area (Å²) >= 11 is 13.3. The third-order valence-corrected chi connectivity index (χ3v) is 7.05. The van der Waals surface area contributed by atoms with Crippen LogP contribution in [-0.4, -0.2) is 15.9 Å². The van der Waals surface area contributed by atoms with Crippen molar-refractivity contribution in [2.75, 3.05) is 0 Å². The molecule has 1 aromatic heterocycles. The Morgan fingerprint density at radius 2 is 2.00 bits per heavy atom. The average molecular weight is 629 g/mol. The van der Waals surface area contributed by atoms with Gasteiger partial charge in [-0.25, -0.2) is 4.98 Å². The van der Waals surface area contributed by atoms with Crippen molar-refractivity contribution >= 4 is 60.6 Å². The normalized spacial score (nSPS) is 12.1. The van der Waals surface area contributed by atoms with Gasteiger partial charge in [0.2, 0.25) is 0 Å². The molecule has 1 atom stereocenters. The Kier molecular flexibility index (Phi) is 8.24. The second-order valence-corrected chi connectivity index (χ2v) is 10.4. The fourth-order valence-electron chi connectivity index (χ4n) is 3.63. The fraction of sp³-hybridized carbons (Fsp3) is 0.185. The van der Waals surface area contributed by atoms with E-state index >= 15 is 0 Å². The summed E-state index contributed by atoms with van der Waals surface area (Å²) in [5.41, 5.74) is 2.22. The van der Waals surface area contributed by atoms with E-state index in [0.29, 0.717) is 43.1 Å². The maximum atomic E-state index is 13.4. The van der Waals surface area contributed by atoms with E-state index in [9.17, 15) is 10.1 Å². The van der Waals surface area contributed by atoms with E-state index in [4.69, 9.17) is 21.3 Å². The maximum Gasteiger partial charge on any atom is 0.282 e. The van der Waals surface area contributed by atoms with Crippen molar-refractivity contribution in [1.29, 1.82) is 5.26 Å². The zero-order valence-electron chi connectivity index (χ0n) is 19.5. The highest BCUT2D eigenvalue weighted by molar-refractivity contribution is 9.10. The van der Waals surface area contributed by atoms with Gasteiger partial charge in [-0.2, -0.15) is 15.0 Å². The van der Waals surface area contributed by atoms with Crippen molar-refractivity contribution in [3.05, 3.63) is 101 Å². The third kappa shape index (κ3) is 5.54. The number of nitriles is 1. The van der Waals surface area contributed by atoms with Crippen LogP contribution in [0.1, 0.15) is 48.7 Å². The summed E-state index contributed by atoms with van der Waals surface area (Å²) in [6.07, 6.45) is 2.33. The summed E-state index contributed by atoms with van der Waals surface area (Å²) in [6, 6.07) is 18.3. The molecule has 0 aliphatic rings. The molecule has 0 saturated heterocycles. The van der Waals surface area contributed by atoms with Crippen LogP contribution in [0.15, 0.2) is 73.4 Å². The number of benzene rings is 3. The predicted molar refractivity (Wildman–Crippen MR) is 150 cm³/mol. The number of halogens is 3. The van der Waals surface area contributed by atoms with Crippen molar-refractivity contribution in [2.45, 2.75) is 32.8 Å². The van der Waals surface area contributed by atoms with Crippen LogP contribution in [0.2, 0.25) is 5.02 Å². The van der Waals surface area contributed by atoms with Crippen LogP contribution < -0.4 is 10.3 Å². The number of hydrogen-bond acceptors (Lipinski definition) is 5. The molecule has 0 aliphatic carbocycles. The number of nitrogens with zero attached hydrogens (tertiary/aromatic N) is 4. The molecule has 4 rings (SSSR count). The maximum absolute atomic E-state index is 13.4.